The first kappa shape index (κ1) is 10.6. The first-order chi connectivity index (χ1) is 6.57. The average molecular weight is 200 g/mol. The summed E-state index contributed by atoms with van der Waals surface area (Å²) in [7, 11) is 0. The van der Waals surface area contributed by atoms with Crippen LogP contribution < -0.4 is 0 Å². The molecule has 0 aliphatic carbocycles. The van der Waals surface area contributed by atoms with Crippen LogP contribution in [0.2, 0.25) is 0 Å². The lowest BCUT2D eigenvalue weighted by Gasteiger charge is -2.06. The Labute approximate surface area is 80.5 Å². The highest BCUT2D eigenvalue weighted by molar-refractivity contribution is 5.91. The van der Waals surface area contributed by atoms with E-state index < -0.39 is 17.6 Å². The third-order valence-corrected chi connectivity index (χ3v) is 1.83. The third kappa shape index (κ3) is 1.89. The van der Waals surface area contributed by atoms with E-state index in [1.807, 2.05) is 0 Å². The van der Waals surface area contributed by atoms with Crippen LogP contribution in [0.25, 0.3) is 0 Å². The quantitative estimate of drug-likeness (QED) is 0.685. The number of halogens is 2. The normalized spacial score (nSPS) is 10.0. The molecule has 14 heavy (non-hydrogen) atoms. The Morgan fingerprint density at radius 1 is 1.43 bits per heavy atom. The number of hydrogen-bond donors (Lipinski definition) is 0. The fourth-order valence-corrected chi connectivity index (χ4v) is 1.08. The second-order valence-corrected chi connectivity index (χ2v) is 2.75. The van der Waals surface area contributed by atoms with E-state index in [-0.39, 0.29) is 17.7 Å². The Balaban J connectivity index is 3.11. The highest BCUT2D eigenvalue weighted by Gasteiger charge is 2.15. The molecule has 0 saturated heterocycles. The van der Waals surface area contributed by atoms with E-state index in [4.69, 9.17) is 0 Å². The topological polar surface area (TPSA) is 26.3 Å². The van der Waals surface area contributed by atoms with Crippen LogP contribution >= 0.6 is 0 Å². The molecule has 0 aromatic heterocycles. The molecule has 1 rings (SSSR count). The maximum atomic E-state index is 13.0. The summed E-state index contributed by atoms with van der Waals surface area (Å²) in [4.78, 5) is 11.2. The summed E-state index contributed by atoms with van der Waals surface area (Å²) in [6.45, 7) is 3.19. The highest BCUT2D eigenvalue weighted by Crippen LogP contribution is 2.16. The monoisotopic (exact) mass is 200 g/mol. The van der Waals surface area contributed by atoms with Crippen molar-refractivity contribution in [1.82, 2.24) is 0 Å². The molecule has 0 saturated carbocycles. The van der Waals surface area contributed by atoms with Gasteiger partial charge in [-0.1, -0.05) is 0 Å². The minimum Gasteiger partial charge on any atom is -0.462 e. The Morgan fingerprint density at radius 3 is 2.64 bits per heavy atom. The van der Waals surface area contributed by atoms with Crippen LogP contribution in [0.5, 0.6) is 0 Å². The standard InChI is InChI=1S/C10H10F2O2/c1-3-14-10(13)7-4-5-8(11)9(12)6(7)2/h4-5H,3H2,1-2H3. The smallest absolute Gasteiger partial charge is 0.338 e. The van der Waals surface area contributed by atoms with Crippen LogP contribution in [0.3, 0.4) is 0 Å². The van der Waals surface area contributed by atoms with E-state index >= 15 is 0 Å². The van der Waals surface area contributed by atoms with Crippen molar-refractivity contribution in [2.75, 3.05) is 6.61 Å². The number of carbonyl (C=O) groups is 1. The molecular formula is C10H10F2O2. The van der Waals surface area contributed by atoms with Gasteiger partial charge in [0.1, 0.15) is 0 Å². The number of rotatable bonds is 2. The first-order valence-electron chi connectivity index (χ1n) is 4.19. The van der Waals surface area contributed by atoms with Crippen molar-refractivity contribution >= 4 is 5.97 Å². The van der Waals surface area contributed by atoms with E-state index in [2.05, 4.69) is 4.74 Å². The largest absolute Gasteiger partial charge is 0.462 e. The number of ether oxygens (including phenoxy) is 1. The lowest BCUT2D eigenvalue weighted by atomic mass is 10.1. The Bertz CT molecular complexity index is 361. The molecule has 0 aliphatic heterocycles. The molecule has 0 spiro atoms. The van der Waals surface area contributed by atoms with Crippen LogP contribution in [0.15, 0.2) is 12.1 Å². The van der Waals surface area contributed by atoms with Crippen molar-refractivity contribution in [3.05, 3.63) is 34.9 Å². The SMILES string of the molecule is CCOC(=O)c1ccc(F)c(F)c1C. The van der Waals surface area contributed by atoms with Gasteiger partial charge in [-0.2, -0.15) is 0 Å². The summed E-state index contributed by atoms with van der Waals surface area (Å²) in [6, 6.07) is 2.13. The van der Waals surface area contributed by atoms with E-state index in [0.717, 1.165) is 6.07 Å². The summed E-state index contributed by atoms with van der Waals surface area (Å²) in [5, 5.41) is 0. The van der Waals surface area contributed by atoms with Gasteiger partial charge in [0.2, 0.25) is 0 Å². The summed E-state index contributed by atoms with van der Waals surface area (Å²) in [5.74, 6) is -2.60. The minimum absolute atomic E-state index is 0.0246. The van der Waals surface area contributed by atoms with Gasteiger partial charge in [0, 0.05) is 5.56 Å². The van der Waals surface area contributed by atoms with Gasteiger partial charge in [-0.15, -0.1) is 0 Å². The Kier molecular flexibility index (Phi) is 3.17. The van der Waals surface area contributed by atoms with Crippen LogP contribution in [0.1, 0.15) is 22.8 Å². The predicted molar refractivity (Wildman–Crippen MR) is 47.1 cm³/mol. The maximum Gasteiger partial charge on any atom is 0.338 e. The highest BCUT2D eigenvalue weighted by atomic mass is 19.2. The van der Waals surface area contributed by atoms with Gasteiger partial charge in [-0.05, 0) is 26.0 Å². The maximum absolute atomic E-state index is 13.0. The summed E-state index contributed by atoms with van der Waals surface area (Å²) in [5.41, 5.74) is 0.0363. The molecule has 76 valence electrons. The van der Waals surface area contributed by atoms with E-state index in [0.29, 0.717) is 0 Å². The fraction of sp³-hybridized carbons (Fsp3) is 0.300. The third-order valence-electron chi connectivity index (χ3n) is 1.83. The van der Waals surface area contributed by atoms with Gasteiger partial charge in [0.15, 0.2) is 11.6 Å². The van der Waals surface area contributed by atoms with E-state index in [1.54, 1.807) is 6.92 Å². The molecular weight excluding hydrogens is 190 g/mol. The molecule has 0 N–H and O–H groups in total. The number of esters is 1. The van der Waals surface area contributed by atoms with Gasteiger partial charge in [-0.25, -0.2) is 13.6 Å². The van der Waals surface area contributed by atoms with Crippen LogP contribution in [0.4, 0.5) is 8.78 Å². The average Bonchev–Trinajstić information content (AvgIpc) is 2.15. The van der Waals surface area contributed by atoms with Crippen molar-refractivity contribution in [2.45, 2.75) is 13.8 Å². The number of hydrogen-bond acceptors (Lipinski definition) is 2. The fourth-order valence-electron chi connectivity index (χ4n) is 1.08. The van der Waals surface area contributed by atoms with Crippen molar-refractivity contribution in [2.24, 2.45) is 0 Å². The molecule has 0 radical (unpaired) electrons. The van der Waals surface area contributed by atoms with Crippen LogP contribution in [-0.2, 0) is 4.74 Å². The molecule has 0 heterocycles. The van der Waals surface area contributed by atoms with E-state index in [1.165, 1.54) is 13.0 Å². The zero-order valence-corrected chi connectivity index (χ0v) is 7.93. The van der Waals surface area contributed by atoms with Crippen molar-refractivity contribution in [1.29, 1.82) is 0 Å². The van der Waals surface area contributed by atoms with Crippen molar-refractivity contribution in [3.8, 4) is 0 Å². The molecule has 2 nitrogen and oxygen atoms in total. The summed E-state index contributed by atoms with van der Waals surface area (Å²) >= 11 is 0. The Morgan fingerprint density at radius 2 is 2.07 bits per heavy atom. The molecule has 0 amide bonds. The molecule has 1 aromatic rings. The van der Waals surface area contributed by atoms with Crippen molar-refractivity contribution < 1.29 is 18.3 Å². The number of benzene rings is 1. The van der Waals surface area contributed by atoms with Gasteiger partial charge >= 0.3 is 5.97 Å². The number of carbonyl (C=O) groups excluding carboxylic acids is 1. The van der Waals surface area contributed by atoms with E-state index in [9.17, 15) is 13.6 Å². The molecule has 4 heteroatoms. The van der Waals surface area contributed by atoms with Gasteiger partial charge in [-0.3, -0.25) is 0 Å². The zero-order chi connectivity index (χ0) is 10.7. The second-order valence-electron chi connectivity index (χ2n) is 2.75. The second kappa shape index (κ2) is 4.17. The summed E-state index contributed by atoms with van der Waals surface area (Å²) in [6.07, 6.45) is 0. The Hall–Kier alpha value is -1.45. The van der Waals surface area contributed by atoms with Gasteiger partial charge in [0.25, 0.3) is 0 Å². The molecule has 0 atom stereocenters. The predicted octanol–water partition coefficient (Wildman–Crippen LogP) is 2.45. The van der Waals surface area contributed by atoms with Crippen LogP contribution in [-0.4, -0.2) is 12.6 Å². The molecule has 0 aliphatic rings. The lowest BCUT2D eigenvalue weighted by Crippen LogP contribution is -2.08. The molecule has 0 fully saturated rings. The van der Waals surface area contributed by atoms with Gasteiger partial charge in [0.05, 0.1) is 12.2 Å². The van der Waals surface area contributed by atoms with Gasteiger partial charge < -0.3 is 4.74 Å². The first-order valence-corrected chi connectivity index (χ1v) is 4.19. The summed E-state index contributed by atoms with van der Waals surface area (Å²) < 4.78 is 30.4. The lowest BCUT2D eigenvalue weighted by molar-refractivity contribution is 0.0524. The zero-order valence-electron chi connectivity index (χ0n) is 7.93. The molecule has 1 aromatic carbocycles. The minimum atomic E-state index is -1.00. The van der Waals surface area contributed by atoms with Crippen LogP contribution in [0, 0.1) is 18.6 Å². The van der Waals surface area contributed by atoms with Crippen molar-refractivity contribution in [3.63, 3.8) is 0 Å². The molecule has 0 unspecified atom stereocenters. The molecule has 0 bridgehead atoms.